The molecule has 3 heterocycles. The molecule has 27 heavy (non-hydrogen) atoms. The number of halogens is 1. The molecule has 0 spiro atoms. The van der Waals surface area contributed by atoms with Gasteiger partial charge >= 0.3 is 6.03 Å². The fourth-order valence-electron chi connectivity index (χ4n) is 3.81. The minimum Gasteiger partial charge on any atom is -0.302 e. The number of anilines is 1. The van der Waals surface area contributed by atoms with E-state index in [1.165, 1.54) is 9.80 Å². The first-order valence-electron chi connectivity index (χ1n) is 8.66. The summed E-state index contributed by atoms with van der Waals surface area (Å²) < 4.78 is 0.989. The van der Waals surface area contributed by atoms with E-state index in [2.05, 4.69) is 22.5 Å². The van der Waals surface area contributed by atoms with Gasteiger partial charge in [-0.15, -0.1) is 6.58 Å². The second kappa shape index (κ2) is 6.23. The predicted molar refractivity (Wildman–Crippen MR) is 107 cm³/mol. The number of hydrogen-bond acceptors (Lipinski definition) is 5. The number of guanidine groups is 1. The lowest BCUT2D eigenvalue weighted by Crippen LogP contribution is -2.64. The molecular weight excluding hydrogens is 410 g/mol. The third-order valence-electron chi connectivity index (χ3n) is 5.29. The fourth-order valence-corrected chi connectivity index (χ4v) is 4.07. The van der Waals surface area contributed by atoms with Gasteiger partial charge in [-0.3, -0.25) is 19.5 Å². The number of nitrogens with zero attached hydrogens (tertiary/aromatic N) is 5. The van der Waals surface area contributed by atoms with Crippen LogP contribution in [0.3, 0.4) is 0 Å². The van der Waals surface area contributed by atoms with Crippen LogP contribution in [0.5, 0.6) is 0 Å². The van der Waals surface area contributed by atoms with Crippen LogP contribution in [0.4, 0.5) is 10.5 Å². The third kappa shape index (κ3) is 2.43. The molecule has 140 valence electrons. The Hall–Kier alpha value is -2.61. The molecule has 2 unspecified atom stereocenters. The SMILES string of the molecule is C=CCN1C(=O)C2C(N=C3N(c4ccc(Br)cc4)C(C)=C(C)N32)N(C)C1=O. The van der Waals surface area contributed by atoms with Gasteiger partial charge in [-0.05, 0) is 38.1 Å². The maximum atomic E-state index is 13.1. The summed E-state index contributed by atoms with van der Waals surface area (Å²) in [7, 11) is 1.69. The molecule has 2 atom stereocenters. The van der Waals surface area contributed by atoms with E-state index in [1.807, 2.05) is 47.9 Å². The van der Waals surface area contributed by atoms with Crippen LogP contribution in [0.1, 0.15) is 13.8 Å². The molecule has 0 saturated carbocycles. The Balaban J connectivity index is 1.78. The number of rotatable bonds is 3. The molecule has 0 bridgehead atoms. The molecule has 1 aromatic rings. The number of imide groups is 1. The fraction of sp³-hybridized carbons (Fsp3) is 0.316. The average molecular weight is 430 g/mol. The van der Waals surface area contributed by atoms with Crippen molar-refractivity contribution in [2.45, 2.75) is 26.1 Å². The minimum atomic E-state index is -0.557. The largest absolute Gasteiger partial charge is 0.328 e. The lowest BCUT2D eigenvalue weighted by atomic mass is 10.1. The Morgan fingerprint density at radius 1 is 1.19 bits per heavy atom. The summed E-state index contributed by atoms with van der Waals surface area (Å²) in [5, 5.41) is 0. The maximum absolute atomic E-state index is 13.1. The van der Waals surface area contributed by atoms with Gasteiger partial charge in [0.15, 0.2) is 12.2 Å². The van der Waals surface area contributed by atoms with Crippen molar-refractivity contribution in [3.05, 3.63) is 52.8 Å². The van der Waals surface area contributed by atoms with E-state index >= 15 is 0 Å². The van der Waals surface area contributed by atoms with Crippen LogP contribution in [0.2, 0.25) is 0 Å². The Labute approximate surface area is 166 Å². The highest BCUT2D eigenvalue weighted by atomic mass is 79.9. The Morgan fingerprint density at radius 2 is 1.85 bits per heavy atom. The Kier molecular flexibility index (Phi) is 4.10. The zero-order valence-corrected chi connectivity index (χ0v) is 17.0. The second-order valence-corrected chi connectivity index (χ2v) is 7.69. The molecule has 8 heteroatoms. The van der Waals surface area contributed by atoms with Gasteiger partial charge in [-0.25, -0.2) is 9.79 Å². The molecule has 1 fully saturated rings. The van der Waals surface area contributed by atoms with E-state index < -0.39 is 12.2 Å². The molecule has 4 rings (SSSR count). The summed E-state index contributed by atoms with van der Waals surface area (Å²) in [4.78, 5) is 37.2. The molecule has 1 aromatic carbocycles. The van der Waals surface area contributed by atoms with Crippen LogP contribution < -0.4 is 4.90 Å². The number of likely N-dealkylation sites (N-methyl/N-ethyl adjacent to an activating group) is 1. The first-order chi connectivity index (χ1) is 12.9. The number of hydrogen-bond donors (Lipinski definition) is 0. The number of allylic oxidation sites excluding steroid dienone is 2. The lowest BCUT2D eigenvalue weighted by molar-refractivity contribution is -0.136. The molecule has 0 radical (unpaired) electrons. The van der Waals surface area contributed by atoms with Gasteiger partial charge < -0.3 is 4.90 Å². The summed E-state index contributed by atoms with van der Waals surface area (Å²) in [5.41, 5.74) is 2.93. The molecule has 0 aliphatic carbocycles. The van der Waals surface area contributed by atoms with Crippen LogP contribution >= 0.6 is 15.9 Å². The number of carbonyl (C=O) groups excluding carboxylic acids is 2. The van der Waals surface area contributed by atoms with Crippen LogP contribution in [0.15, 0.2) is 57.8 Å². The van der Waals surface area contributed by atoms with Crippen molar-refractivity contribution in [3.63, 3.8) is 0 Å². The summed E-state index contributed by atoms with van der Waals surface area (Å²) in [6, 6.07) is 7.02. The first-order valence-corrected chi connectivity index (χ1v) is 9.45. The van der Waals surface area contributed by atoms with Crippen LogP contribution in [0.25, 0.3) is 0 Å². The average Bonchev–Trinajstić information content (AvgIpc) is 3.14. The Morgan fingerprint density at radius 3 is 2.48 bits per heavy atom. The van der Waals surface area contributed by atoms with E-state index in [4.69, 9.17) is 4.99 Å². The highest BCUT2D eigenvalue weighted by molar-refractivity contribution is 9.10. The molecule has 7 nitrogen and oxygen atoms in total. The lowest BCUT2D eigenvalue weighted by Gasteiger charge is -2.40. The number of amides is 3. The molecule has 3 amide bonds. The molecule has 3 aliphatic rings. The number of aliphatic imine (C=N–C) groups is 1. The van der Waals surface area contributed by atoms with E-state index in [9.17, 15) is 9.59 Å². The van der Waals surface area contributed by atoms with Crippen molar-refractivity contribution >= 4 is 39.5 Å². The van der Waals surface area contributed by atoms with Gasteiger partial charge in [0.2, 0.25) is 5.96 Å². The summed E-state index contributed by atoms with van der Waals surface area (Å²) in [5.74, 6) is 0.433. The quantitative estimate of drug-likeness (QED) is 0.692. The molecule has 1 saturated heterocycles. The van der Waals surface area contributed by atoms with E-state index in [0.29, 0.717) is 5.96 Å². The van der Waals surface area contributed by atoms with Crippen molar-refractivity contribution in [1.29, 1.82) is 0 Å². The number of benzene rings is 1. The van der Waals surface area contributed by atoms with Gasteiger partial charge in [-0.2, -0.15) is 0 Å². The van der Waals surface area contributed by atoms with Gasteiger partial charge in [-0.1, -0.05) is 22.0 Å². The zero-order chi connectivity index (χ0) is 19.5. The molecule has 3 aliphatic heterocycles. The maximum Gasteiger partial charge on any atom is 0.328 e. The highest BCUT2D eigenvalue weighted by Gasteiger charge is 2.55. The predicted octanol–water partition coefficient (Wildman–Crippen LogP) is 2.97. The van der Waals surface area contributed by atoms with Gasteiger partial charge in [0.25, 0.3) is 5.91 Å². The number of fused-ring (bicyclic) bond motifs is 3. The second-order valence-electron chi connectivity index (χ2n) is 6.77. The summed E-state index contributed by atoms with van der Waals surface area (Å²) in [6.07, 6.45) is 1.02. The Bertz CT molecular complexity index is 907. The zero-order valence-electron chi connectivity index (χ0n) is 15.4. The van der Waals surface area contributed by atoms with E-state index in [0.717, 1.165) is 21.6 Å². The standard InChI is InChI=1S/C19H20BrN5O2/c1-5-10-23-17(26)15-16(22(4)19(23)27)21-18-24(11(2)12(3)25(15)18)14-8-6-13(20)7-9-14/h5-9,15-16H,1,10H2,2-4H3. The first kappa shape index (κ1) is 17.8. The van der Waals surface area contributed by atoms with Crippen molar-refractivity contribution in [3.8, 4) is 0 Å². The van der Waals surface area contributed by atoms with E-state index in [1.54, 1.807) is 13.1 Å². The molecular formula is C19H20BrN5O2. The smallest absolute Gasteiger partial charge is 0.302 e. The van der Waals surface area contributed by atoms with Gasteiger partial charge in [0.1, 0.15) is 0 Å². The minimum absolute atomic E-state index is 0.187. The monoisotopic (exact) mass is 429 g/mol. The van der Waals surface area contributed by atoms with E-state index in [-0.39, 0.29) is 18.5 Å². The van der Waals surface area contributed by atoms with Gasteiger partial charge in [0.05, 0.1) is 0 Å². The third-order valence-corrected chi connectivity index (χ3v) is 5.82. The normalized spacial score (nSPS) is 24.5. The van der Waals surface area contributed by atoms with Crippen LogP contribution in [-0.4, -0.2) is 58.4 Å². The van der Waals surface area contributed by atoms with Crippen molar-refractivity contribution < 1.29 is 9.59 Å². The summed E-state index contributed by atoms with van der Waals surface area (Å²) >= 11 is 3.46. The topological polar surface area (TPSA) is 59.5 Å². The highest BCUT2D eigenvalue weighted by Crippen LogP contribution is 2.40. The van der Waals surface area contributed by atoms with Crippen molar-refractivity contribution in [2.75, 3.05) is 18.5 Å². The van der Waals surface area contributed by atoms with Crippen molar-refractivity contribution in [2.24, 2.45) is 4.99 Å². The van der Waals surface area contributed by atoms with Crippen molar-refractivity contribution in [1.82, 2.24) is 14.7 Å². The van der Waals surface area contributed by atoms with Gasteiger partial charge in [0, 0.05) is 35.1 Å². The van der Waals surface area contributed by atoms with Crippen LogP contribution in [0, 0.1) is 0 Å². The molecule has 0 N–H and O–H groups in total. The number of urea groups is 1. The van der Waals surface area contributed by atoms with Crippen LogP contribution in [-0.2, 0) is 4.79 Å². The number of carbonyl (C=O) groups is 2. The molecule has 0 aromatic heterocycles. The summed E-state index contributed by atoms with van der Waals surface area (Å²) in [6.45, 7) is 7.84.